The van der Waals surface area contributed by atoms with Crippen LogP contribution in [0.5, 0.6) is 0 Å². The van der Waals surface area contributed by atoms with Crippen molar-refractivity contribution < 1.29 is 4.57 Å². The maximum absolute atomic E-state index is 2.54. The number of aromatic nitrogens is 2. The first-order valence-electron chi connectivity index (χ1n) is 12.5. The molecule has 0 unspecified atom stereocenters. The first-order valence-corrected chi connectivity index (χ1v) is 12.5. The Morgan fingerprint density at radius 2 is 1.34 bits per heavy atom. The molecule has 0 bridgehead atoms. The number of benzene rings is 1. The molecule has 0 atom stereocenters. The molecule has 0 aliphatic rings. The third-order valence-electron chi connectivity index (χ3n) is 6.05. The van der Waals surface area contributed by atoms with Crippen molar-refractivity contribution in [1.82, 2.24) is 4.57 Å². The molecule has 0 radical (unpaired) electrons. The van der Waals surface area contributed by atoms with Gasteiger partial charge in [0.2, 0.25) is 0 Å². The number of nitrogens with zero attached hydrogens (tertiary/aromatic N) is 2. The average Bonchev–Trinajstić information content (AvgIpc) is 3.13. The molecule has 1 heterocycles. The second kappa shape index (κ2) is 15.3. The molecule has 2 heteroatoms. The minimum Gasteiger partial charge on any atom is -0.234 e. The zero-order chi connectivity index (χ0) is 20.6. The van der Waals surface area contributed by atoms with Crippen LogP contribution in [-0.2, 0) is 25.9 Å². The number of hydrogen-bond donors (Lipinski definition) is 0. The van der Waals surface area contributed by atoms with E-state index in [0.29, 0.717) is 0 Å². The van der Waals surface area contributed by atoms with Crippen LogP contribution in [0.25, 0.3) is 0 Å². The van der Waals surface area contributed by atoms with Gasteiger partial charge in [-0.2, -0.15) is 0 Å². The Morgan fingerprint density at radius 1 is 0.690 bits per heavy atom. The first kappa shape index (κ1) is 23.7. The highest BCUT2D eigenvalue weighted by Gasteiger charge is 2.16. The molecule has 0 saturated heterocycles. The minimum atomic E-state index is 1.14. The average molecular weight is 398 g/mol. The van der Waals surface area contributed by atoms with Crippen LogP contribution < -0.4 is 4.57 Å². The zero-order valence-electron chi connectivity index (χ0n) is 19.2. The number of aryl methyl sites for hydroxylation is 3. The van der Waals surface area contributed by atoms with Crippen molar-refractivity contribution in [3.8, 4) is 0 Å². The Kier molecular flexibility index (Phi) is 12.5. The van der Waals surface area contributed by atoms with Gasteiger partial charge in [-0.05, 0) is 37.7 Å². The third kappa shape index (κ3) is 9.65. The summed E-state index contributed by atoms with van der Waals surface area (Å²) in [6.45, 7) is 6.92. The van der Waals surface area contributed by atoms with Gasteiger partial charge in [0.05, 0.1) is 13.1 Å². The van der Waals surface area contributed by atoms with Gasteiger partial charge in [0, 0.05) is 6.42 Å². The standard InChI is InChI=1S/C27H45N2/c1-3-5-7-8-9-10-11-15-21-27-28(22-16-6-4-2)24-25-29(27)23-17-20-26-18-13-12-14-19-26/h12-14,18-19,24-25H,3-11,15-17,20-23H2,1-2H3/q+1. The monoisotopic (exact) mass is 397 g/mol. The molecule has 2 aromatic rings. The summed E-state index contributed by atoms with van der Waals surface area (Å²) in [5.41, 5.74) is 1.46. The lowest BCUT2D eigenvalue weighted by atomic mass is 10.1. The first-order chi connectivity index (χ1) is 14.3. The smallest absolute Gasteiger partial charge is 0.234 e. The van der Waals surface area contributed by atoms with Gasteiger partial charge in [0.1, 0.15) is 12.4 Å². The second-order valence-electron chi connectivity index (χ2n) is 8.62. The predicted octanol–water partition coefficient (Wildman–Crippen LogP) is 7.28. The van der Waals surface area contributed by atoms with Crippen molar-refractivity contribution in [1.29, 1.82) is 0 Å². The van der Waals surface area contributed by atoms with Crippen LogP contribution in [-0.4, -0.2) is 4.57 Å². The van der Waals surface area contributed by atoms with Crippen molar-refractivity contribution in [2.75, 3.05) is 0 Å². The zero-order valence-corrected chi connectivity index (χ0v) is 19.2. The second-order valence-corrected chi connectivity index (χ2v) is 8.62. The van der Waals surface area contributed by atoms with E-state index in [0.717, 1.165) is 6.54 Å². The summed E-state index contributed by atoms with van der Waals surface area (Å²) < 4.78 is 5.08. The molecule has 0 N–H and O–H groups in total. The molecular weight excluding hydrogens is 352 g/mol. The normalized spacial score (nSPS) is 11.2. The number of rotatable bonds is 17. The van der Waals surface area contributed by atoms with Gasteiger partial charge in [-0.3, -0.25) is 0 Å². The lowest BCUT2D eigenvalue weighted by molar-refractivity contribution is -0.704. The molecule has 0 saturated carbocycles. The SMILES string of the molecule is CCCCCCCCCCc1n(CCCCC)cc[n+]1CCCc1ccccc1. The molecule has 29 heavy (non-hydrogen) atoms. The lowest BCUT2D eigenvalue weighted by Gasteiger charge is -2.07. The summed E-state index contributed by atoms with van der Waals surface area (Å²) in [5, 5.41) is 0. The maximum Gasteiger partial charge on any atom is 0.256 e. The van der Waals surface area contributed by atoms with Crippen molar-refractivity contribution in [3.05, 3.63) is 54.1 Å². The minimum absolute atomic E-state index is 1.14. The molecule has 162 valence electrons. The van der Waals surface area contributed by atoms with E-state index < -0.39 is 0 Å². The Hall–Kier alpha value is -1.57. The highest BCUT2D eigenvalue weighted by molar-refractivity contribution is 5.14. The lowest BCUT2D eigenvalue weighted by Crippen LogP contribution is -2.37. The summed E-state index contributed by atoms with van der Waals surface area (Å²) in [6.07, 6.45) is 23.4. The van der Waals surface area contributed by atoms with Gasteiger partial charge in [0.15, 0.2) is 0 Å². The summed E-state index contributed by atoms with van der Waals surface area (Å²) in [5.74, 6) is 1.56. The largest absolute Gasteiger partial charge is 0.256 e. The quantitative estimate of drug-likeness (QED) is 0.196. The van der Waals surface area contributed by atoms with Crippen LogP contribution in [0.15, 0.2) is 42.7 Å². The molecule has 0 aliphatic carbocycles. The van der Waals surface area contributed by atoms with E-state index in [-0.39, 0.29) is 0 Å². The topological polar surface area (TPSA) is 8.81 Å². The van der Waals surface area contributed by atoms with Crippen molar-refractivity contribution in [2.45, 2.75) is 117 Å². The molecule has 0 fully saturated rings. The van der Waals surface area contributed by atoms with Gasteiger partial charge in [-0.25, -0.2) is 9.13 Å². The van der Waals surface area contributed by atoms with Gasteiger partial charge < -0.3 is 0 Å². The molecule has 0 aliphatic heterocycles. The van der Waals surface area contributed by atoms with Gasteiger partial charge in [-0.15, -0.1) is 0 Å². The Balaban J connectivity index is 1.80. The van der Waals surface area contributed by atoms with E-state index in [4.69, 9.17) is 0 Å². The van der Waals surface area contributed by atoms with Crippen molar-refractivity contribution in [2.24, 2.45) is 0 Å². The van der Waals surface area contributed by atoms with E-state index in [1.54, 1.807) is 5.82 Å². The van der Waals surface area contributed by atoms with Gasteiger partial charge >= 0.3 is 0 Å². The Labute approximate surface area is 180 Å². The van der Waals surface area contributed by atoms with Crippen LogP contribution in [0.4, 0.5) is 0 Å². The van der Waals surface area contributed by atoms with E-state index in [1.807, 2.05) is 0 Å². The van der Waals surface area contributed by atoms with Gasteiger partial charge in [-0.1, -0.05) is 95.5 Å². The van der Waals surface area contributed by atoms with E-state index >= 15 is 0 Å². The van der Waals surface area contributed by atoms with Gasteiger partial charge in [0.25, 0.3) is 5.82 Å². The molecule has 1 aromatic carbocycles. The summed E-state index contributed by atoms with van der Waals surface area (Å²) >= 11 is 0. The highest BCUT2D eigenvalue weighted by Crippen LogP contribution is 2.12. The summed E-state index contributed by atoms with van der Waals surface area (Å²) in [6, 6.07) is 10.9. The van der Waals surface area contributed by atoms with Crippen LogP contribution in [0, 0.1) is 0 Å². The van der Waals surface area contributed by atoms with Crippen molar-refractivity contribution in [3.63, 3.8) is 0 Å². The molecule has 2 rings (SSSR count). The Morgan fingerprint density at radius 3 is 2.07 bits per heavy atom. The molecule has 1 aromatic heterocycles. The fourth-order valence-corrected chi connectivity index (χ4v) is 4.24. The highest BCUT2D eigenvalue weighted by atomic mass is 15.1. The van der Waals surface area contributed by atoms with E-state index in [1.165, 1.54) is 102 Å². The van der Waals surface area contributed by atoms with E-state index in [2.05, 4.69) is 65.7 Å². The van der Waals surface area contributed by atoms with E-state index in [9.17, 15) is 0 Å². The predicted molar refractivity (Wildman–Crippen MR) is 125 cm³/mol. The summed E-state index contributed by atoms with van der Waals surface area (Å²) in [4.78, 5) is 0. The van der Waals surface area contributed by atoms with Crippen LogP contribution in [0.2, 0.25) is 0 Å². The number of imidazole rings is 1. The molecule has 0 amide bonds. The third-order valence-corrected chi connectivity index (χ3v) is 6.05. The summed E-state index contributed by atoms with van der Waals surface area (Å²) in [7, 11) is 0. The van der Waals surface area contributed by atoms with Crippen molar-refractivity contribution >= 4 is 0 Å². The van der Waals surface area contributed by atoms with Crippen LogP contribution in [0.1, 0.15) is 102 Å². The Bertz CT molecular complexity index is 629. The maximum atomic E-state index is 2.54. The molecule has 0 spiro atoms. The fourth-order valence-electron chi connectivity index (χ4n) is 4.24. The number of hydrogen-bond acceptors (Lipinski definition) is 0. The van der Waals surface area contributed by atoms with Crippen LogP contribution >= 0.6 is 0 Å². The fraction of sp³-hybridized carbons (Fsp3) is 0.667. The van der Waals surface area contributed by atoms with Crippen LogP contribution in [0.3, 0.4) is 0 Å². The molecular formula is C27H45N2+. The molecule has 2 nitrogen and oxygen atoms in total. The number of unbranched alkanes of at least 4 members (excludes halogenated alkanes) is 9.